The summed E-state index contributed by atoms with van der Waals surface area (Å²) in [6, 6.07) is 7.34. The molecule has 2 rings (SSSR count). The van der Waals surface area contributed by atoms with Crippen LogP contribution in [0, 0.1) is 5.82 Å². The van der Waals surface area contributed by atoms with Crippen LogP contribution in [0.5, 0.6) is 0 Å². The fourth-order valence-electron chi connectivity index (χ4n) is 2.78. The van der Waals surface area contributed by atoms with E-state index in [9.17, 15) is 8.78 Å². The summed E-state index contributed by atoms with van der Waals surface area (Å²) in [4.78, 5) is 4.55. The highest BCUT2D eigenvalue weighted by atomic mass is 19.1. The number of halogens is 2. The van der Waals surface area contributed by atoms with Crippen molar-refractivity contribution in [1.82, 2.24) is 9.80 Å². The van der Waals surface area contributed by atoms with Crippen LogP contribution in [-0.4, -0.2) is 48.7 Å². The van der Waals surface area contributed by atoms with Crippen molar-refractivity contribution in [3.8, 4) is 0 Å². The molecule has 4 heteroatoms. The van der Waals surface area contributed by atoms with E-state index in [1.165, 1.54) is 12.1 Å². The number of benzene rings is 1. The first-order valence-electron chi connectivity index (χ1n) is 6.91. The van der Waals surface area contributed by atoms with Crippen LogP contribution in [0.25, 0.3) is 0 Å². The van der Waals surface area contributed by atoms with Gasteiger partial charge in [0.15, 0.2) is 0 Å². The summed E-state index contributed by atoms with van der Waals surface area (Å²) in [5.74, 6) is -0.212. The van der Waals surface area contributed by atoms with Crippen molar-refractivity contribution < 1.29 is 8.78 Å². The lowest BCUT2D eigenvalue weighted by Gasteiger charge is -2.43. The van der Waals surface area contributed by atoms with Crippen LogP contribution in [0.3, 0.4) is 0 Å². The van der Waals surface area contributed by atoms with Gasteiger partial charge in [-0.2, -0.15) is 0 Å². The van der Waals surface area contributed by atoms with E-state index < -0.39 is 0 Å². The van der Waals surface area contributed by atoms with E-state index in [4.69, 9.17) is 0 Å². The van der Waals surface area contributed by atoms with Crippen LogP contribution in [0.15, 0.2) is 24.3 Å². The quantitative estimate of drug-likeness (QED) is 0.828. The van der Waals surface area contributed by atoms with Gasteiger partial charge >= 0.3 is 0 Å². The molecule has 0 unspecified atom stereocenters. The fraction of sp³-hybridized carbons (Fsp3) is 0.600. The highest BCUT2D eigenvalue weighted by Crippen LogP contribution is 2.27. The van der Waals surface area contributed by atoms with Crippen molar-refractivity contribution in [3.05, 3.63) is 35.6 Å². The van der Waals surface area contributed by atoms with Gasteiger partial charge in [0.25, 0.3) is 0 Å². The smallest absolute Gasteiger partial charge is 0.123 e. The van der Waals surface area contributed by atoms with E-state index in [0.717, 1.165) is 25.2 Å². The third-order valence-corrected chi connectivity index (χ3v) is 3.82. The molecule has 2 nitrogen and oxygen atoms in total. The number of nitrogens with zero attached hydrogens (tertiary/aromatic N) is 2. The zero-order chi connectivity index (χ0) is 13.8. The molecule has 0 N–H and O–H groups in total. The zero-order valence-corrected chi connectivity index (χ0v) is 11.6. The molecule has 1 atom stereocenters. The van der Waals surface area contributed by atoms with Gasteiger partial charge in [0.1, 0.15) is 12.5 Å². The molecule has 0 radical (unpaired) electrons. The second-order valence-corrected chi connectivity index (χ2v) is 5.39. The summed E-state index contributed by atoms with van der Waals surface area (Å²) in [6.07, 6.45) is 0. The molecule has 1 aromatic rings. The number of piperazine rings is 1. The molecular weight excluding hydrogens is 246 g/mol. The summed E-state index contributed by atoms with van der Waals surface area (Å²) in [6.45, 7) is 7.16. The van der Waals surface area contributed by atoms with E-state index in [0.29, 0.717) is 12.6 Å². The van der Waals surface area contributed by atoms with E-state index in [2.05, 4.69) is 23.6 Å². The molecule has 106 valence electrons. The van der Waals surface area contributed by atoms with Crippen LogP contribution in [0.2, 0.25) is 0 Å². The molecule has 1 saturated heterocycles. The van der Waals surface area contributed by atoms with Crippen LogP contribution in [0.1, 0.15) is 25.5 Å². The van der Waals surface area contributed by atoms with Gasteiger partial charge in [-0.05, 0) is 31.5 Å². The first kappa shape index (κ1) is 14.4. The van der Waals surface area contributed by atoms with Crippen LogP contribution in [0.4, 0.5) is 8.78 Å². The molecule has 0 bridgehead atoms. The second kappa shape index (κ2) is 6.44. The van der Waals surface area contributed by atoms with Crippen LogP contribution >= 0.6 is 0 Å². The number of hydrogen-bond donors (Lipinski definition) is 0. The first-order chi connectivity index (χ1) is 9.11. The van der Waals surface area contributed by atoms with Crippen LogP contribution in [-0.2, 0) is 0 Å². The Hall–Kier alpha value is -1.00. The first-order valence-corrected chi connectivity index (χ1v) is 6.91. The SMILES string of the molecule is CC(C)N1CCN(CCF)C[C@H]1c1ccc(F)cc1. The fourth-order valence-corrected chi connectivity index (χ4v) is 2.78. The van der Waals surface area contributed by atoms with Crippen molar-refractivity contribution in [2.75, 3.05) is 32.9 Å². The highest BCUT2D eigenvalue weighted by molar-refractivity contribution is 5.21. The Balaban J connectivity index is 2.17. The van der Waals surface area contributed by atoms with Gasteiger partial charge in [0, 0.05) is 38.3 Å². The Morgan fingerprint density at radius 3 is 2.47 bits per heavy atom. The van der Waals surface area contributed by atoms with Crippen molar-refractivity contribution in [3.63, 3.8) is 0 Å². The summed E-state index contributed by atoms with van der Waals surface area (Å²) in [7, 11) is 0. The molecule has 1 aliphatic rings. The van der Waals surface area contributed by atoms with Crippen molar-refractivity contribution in [2.45, 2.75) is 25.9 Å². The van der Waals surface area contributed by atoms with Gasteiger partial charge in [-0.3, -0.25) is 9.80 Å². The average Bonchev–Trinajstić information content (AvgIpc) is 2.39. The largest absolute Gasteiger partial charge is 0.298 e. The lowest BCUT2D eigenvalue weighted by molar-refractivity contribution is 0.0479. The Kier molecular flexibility index (Phi) is 4.88. The number of alkyl halides is 1. The Morgan fingerprint density at radius 2 is 1.89 bits per heavy atom. The minimum absolute atomic E-state index is 0.212. The Bertz CT molecular complexity index is 392. The highest BCUT2D eigenvalue weighted by Gasteiger charge is 2.29. The minimum Gasteiger partial charge on any atom is -0.298 e. The number of rotatable bonds is 4. The second-order valence-electron chi connectivity index (χ2n) is 5.39. The maximum atomic E-state index is 13.0. The molecule has 0 saturated carbocycles. The van der Waals surface area contributed by atoms with Gasteiger partial charge in [-0.25, -0.2) is 8.78 Å². The monoisotopic (exact) mass is 268 g/mol. The maximum Gasteiger partial charge on any atom is 0.123 e. The number of hydrogen-bond acceptors (Lipinski definition) is 2. The summed E-state index contributed by atoms with van der Waals surface area (Å²) < 4.78 is 25.5. The Labute approximate surface area is 114 Å². The van der Waals surface area contributed by atoms with Gasteiger partial charge in [-0.1, -0.05) is 12.1 Å². The molecule has 0 aliphatic carbocycles. The van der Waals surface area contributed by atoms with Crippen molar-refractivity contribution in [2.24, 2.45) is 0 Å². The lowest BCUT2D eigenvalue weighted by Crippen LogP contribution is -2.51. The van der Waals surface area contributed by atoms with E-state index in [-0.39, 0.29) is 18.5 Å². The summed E-state index contributed by atoms with van der Waals surface area (Å²) in [5.41, 5.74) is 1.11. The van der Waals surface area contributed by atoms with Gasteiger partial charge in [0.05, 0.1) is 0 Å². The molecule has 1 aromatic carbocycles. The topological polar surface area (TPSA) is 6.48 Å². The van der Waals surface area contributed by atoms with E-state index >= 15 is 0 Å². The van der Waals surface area contributed by atoms with E-state index in [1.807, 2.05) is 12.1 Å². The summed E-state index contributed by atoms with van der Waals surface area (Å²) >= 11 is 0. The minimum atomic E-state index is -0.308. The molecule has 0 amide bonds. The van der Waals surface area contributed by atoms with Crippen molar-refractivity contribution >= 4 is 0 Å². The third-order valence-electron chi connectivity index (χ3n) is 3.82. The standard InChI is InChI=1S/C15H22F2N2/c1-12(2)19-10-9-18(8-7-16)11-15(19)13-3-5-14(17)6-4-13/h3-6,12,15H,7-11H2,1-2H3/t15-/m0/s1. The van der Waals surface area contributed by atoms with Crippen LogP contribution < -0.4 is 0 Å². The normalized spacial score (nSPS) is 22.1. The van der Waals surface area contributed by atoms with E-state index in [1.54, 1.807) is 0 Å². The van der Waals surface area contributed by atoms with Gasteiger partial charge in [-0.15, -0.1) is 0 Å². The summed E-state index contributed by atoms with van der Waals surface area (Å²) in [5, 5.41) is 0. The molecule has 0 aromatic heterocycles. The van der Waals surface area contributed by atoms with Crippen molar-refractivity contribution in [1.29, 1.82) is 0 Å². The lowest BCUT2D eigenvalue weighted by atomic mass is 10.0. The molecule has 1 heterocycles. The van der Waals surface area contributed by atoms with Gasteiger partial charge < -0.3 is 0 Å². The maximum absolute atomic E-state index is 13.0. The predicted octanol–water partition coefficient (Wildman–Crippen LogP) is 2.86. The zero-order valence-electron chi connectivity index (χ0n) is 11.6. The average molecular weight is 268 g/mol. The predicted molar refractivity (Wildman–Crippen MR) is 73.4 cm³/mol. The molecule has 19 heavy (non-hydrogen) atoms. The molecular formula is C15H22F2N2. The third kappa shape index (κ3) is 3.51. The molecule has 1 aliphatic heterocycles. The molecule has 0 spiro atoms. The molecule has 1 fully saturated rings. The van der Waals surface area contributed by atoms with Gasteiger partial charge in [0.2, 0.25) is 0 Å². The Morgan fingerprint density at radius 1 is 1.21 bits per heavy atom.